The van der Waals surface area contributed by atoms with Crippen molar-refractivity contribution >= 4 is 0 Å². The molecule has 0 aromatic heterocycles. The second-order valence-corrected chi connectivity index (χ2v) is 5.16. The fourth-order valence-electron chi connectivity index (χ4n) is 1.37. The maximum atomic E-state index is 13.2. The zero-order valence-electron chi connectivity index (χ0n) is 11.3. The van der Waals surface area contributed by atoms with Crippen LogP contribution in [0.5, 0.6) is 5.75 Å². The normalized spacial score (nSPS) is 16.4. The fourth-order valence-corrected chi connectivity index (χ4v) is 1.37. The van der Waals surface area contributed by atoms with Gasteiger partial charge in [-0.1, -0.05) is 13.8 Å². The van der Waals surface area contributed by atoms with Crippen LogP contribution in [0.2, 0.25) is 0 Å². The van der Waals surface area contributed by atoms with E-state index >= 15 is 0 Å². The van der Waals surface area contributed by atoms with E-state index in [1.807, 2.05) is 13.8 Å². The van der Waals surface area contributed by atoms with E-state index in [1.165, 1.54) is 18.2 Å². The average molecular weight is 256 g/mol. The largest absolute Gasteiger partial charge is 0.490 e. The van der Waals surface area contributed by atoms with Crippen LogP contribution in [0.3, 0.4) is 0 Å². The summed E-state index contributed by atoms with van der Waals surface area (Å²) in [6.07, 6.45) is -0.746. The molecule has 18 heavy (non-hydrogen) atoms. The maximum Gasteiger partial charge on any atom is 0.128 e. The summed E-state index contributed by atoms with van der Waals surface area (Å²) in [5.74, 6) is -0.148. The minimum absolute atomic E-state index is 0.0149. The van der Waals surface area contributed by atoms with Gasteiger partial charge in [-0.05, 0) is 31.9 Å². The molecule has 0 bridgehead atoms. The molecule has 1 aromatic rings. The lowest BCUT2D eigenvalue weighted by Crippen LogP contribution is -2.38. The van der Waals surface area contributed by atoms with E-state index in [0.717, 1.165) is 0 Å². The molecule has 0 saturated carbocycles. The van der Waals surface area contributed by atoms with Crippen LogP contribution < -0.4 is 4.74 Å². The van der Waals surface area contributed by atoms with Gasteiger partial charge >= 0.3 is 0 Å². The van der Waals surface area contributed by atoms with Crippen molar-refractivity contribution in [1.82, 2.24) is 0 Å². The predicted molar refractivity (Wildman–Crippen MR) is 68.0 cm³/mol. The lowest BCUT2D eigenvalue weighted by molar-refractivity contribution is -0.0274. The van der Waals surface area contributed by atoms with E-state index < -0.39 is 17.5 Å². The van der Waals surface area contributed by atoms with Crippen molar-refractivity contribution in [3.8, 4) is 5.75 Å². The summed E-state index contributed by atoms with van der Waals surface area (Å²) in [4.78, 5) is 0. The van der Waals surface area contributed by atoms with Crippen molar-refractivity contribution in [2.75, 3.05) is 6.61 Å². The van der Waals surface area contributed by atoms with Gasteiger partial charge < -0.3 is 14.9 Å². The van der Waals surface area contributed by atoms with Crippen LogP contribution in [0.15, 0.2) is 18.2 Å². The summed E-state index contributed by atoms with van der Waals surface area (Å²) in [5.41, 5.74) is -0.488. The van der Waals surface area contributed by atoms with Crippen molar-refractivity contribution in [3.05, 3.63) is 29.6 Å². The zero-order valence-corrected chi connectivity index (χ0v) is 11.3. The Balaban J connectivity index is 2.87. The molecule has 0 aliphatic heterocycles. The number of aliphatic hydroxyl groups is 2. The van der Waals surface area contributed by atoms with Gasteiger partial charge in [-0.3, -0.25) is 0 Å². The van der Waals surface area contributed by atoms with Gasteiger partial charge in [-0.15, -0.1) is 0 Å². The third-order valence-electron chi connectivity index (χ3n) is 3.19. The van der Waals surface area contributed by atoms with Crippen LogP contribution in [-0.4, -0.2) is 22.4 Å². The standard InChI is InChI=1S/C14H21FO3/c1-9(2)14(4,17)8-18-13-7-11(15)5-6-12(13)10(3)16/h5-7,9-10,16-17H,8H2,1-4H3/t10-,14?/m0/s1. The second-order valence-electron chi connectivity index (χ2n) is 5.16. The number of aliphatic hydroxyl groups excluding tert-OH is 1. The first-order valence-electron chi connectivity index (χ1n) is 6.06. The summed E-state index contributed by atoms with van der Waals surface area (Å²) in [6.45, 7) is 7.06. The van der Waals surface area contributed by atoms with Gasteiger partial charge in [-0.2, -0.15) is 0 Å². The molecule has 4 heteroatoms. The molecule has 0 radical (unpaired) electrons. The molecule has 0 amide bonds. The van der Waals surface area contributed by atoms with Crippen LogP contribution in [0.1, 0.15) is 39.4 Å². The van der Waals surface area contributed by atoms with Crippen LogP contribution >= 0.6 is 0 Å². The van der Waals surface area contributed by atoms with Crippen LogP contribution in [0.4, 0.5) is 4.39 Å². The summed E-state index contributed by atoms with van der Waals surface area (Å²) >= 11 is 0. The molecule has 0 spiro atoms. The first-order chi connectivity index (χ1) is 8.24. The first kappa shape index (κ1) is 14.9. The van der Waals surface area contributed by atoms with E-state index in [1.54, 1.807) is 13.8 Å². The third-order valence-corrected chi connectivity index (χ3v) is 3.19. The minimum Gasteiger partial charge on any atom is -0.490 e. The summed E-state index contributed by atoms with van der Waals surface area (Å²) in [5, 5.41) is 19.6. The summed E-state index contributed by atoms with van der Waals surface area (Å²) in [7, 11) is 0. The number of halogens is 1. The maximum absolute atomic E-state index is 13.2. The van der Waals surface area contributed by atoms with Gasteiger partial charge in [0.05, 0.1) is 11.7 Å². The molecule has 1 aromatic carbocycles. The van der Waals surface area contributed by atoms with Gasteiger partial charge in [0.1, 0.15) is 18.2 Å². The minimum atomic E-state index is -0.998. The number of rotatable bonds is 5. The smallest absolute Gasteiger partial charge is 0.128 e. The van der Waals surface area contributed by atoms with Crippen molar-refractivity contribution in [2.24, 2.45) is 5.92 Å². The van der Waals surface area contributed by atoms with Crippen molar-refractivity contribution in [2.45, 2.75) is 39.4 Å². The molecule has 0 fully saturated rings. The van der Waals surface area contributed by atoms with Gasteiger partial charge in [-0.25, -0.2) is 4.39 Å². The Morgan fingerprint density at radius 3 is 2.44 bits per heavy atom. The van der Waals surface area contributed by atoms with E-state index in [-0.39, 0.29) is 18.3 Å². The van der Waals surface area contributed by atoms with Gasteiger partial charge in [0, 0.05) is 11.6 Å². The van der Waals surface area contributed by atoms with Crippen LogP contribution in [0, 0.1) is 11.7 Å². The third kappa shape index (κ3) is 3.68. The molecule has 0 aliphatic carbocycles. The molecule has 0 heterocycles. The van der Waals surface area contributed by atoms with Gasteiger partial charge in [0.2, 0.25) is 0 Å². The van der Waals surface area contributed by atoms with Crippen LogP contribution in [0.25, 0.3) is 0 Å². The number of benzene rings is 1. The van der Waals surface area contributed by atoms with Crippen molar-refractivity contribution < 1.29 is 19.3 Å². The second kappa shape index (κ2) is 5.67. The molecule has 0 saturated heterocycles. The summed E-state index contributed by atoms with van der Waals surface area (Å²) in [6, 6.07) is 3.98. The summed E-state index contributed by atoms with van der Waals surface area (Å²) < 4.78 is 18.6. The Hall–Kier alpha value is -1.13. The Kier molecular flexibility index (Phi) is 4.71. The molecule has 102 valence electrons. The van der Waals surface area contributed by atoms with E-state index in [4.69, 9.17) is 4.74 Å². The van der Waals surface area contributed by atoms with Crippen LogP contribution in [-0.2, 0) is 0 Å². The molecule has 0 aliphatic rings. The molecule has 3 nitrogen and oxygen atoms in total. The quantitative estimate of drug-likeness (QED) is 0.851. The highest BCUT2D eigenvalue weighted by Crippen LogP contribution is 2.27. The molecule has 1 rings (SSSR count). The van der Waals surface area contributed by atoms with Crippen molar-refractivity contribution in [1.29, 1.82) is 0 Å². The van der Waals surface area contributed by atoms with Crippen molar-refractivity contribution in [3.63, 3.8) is 0 Å². The van der Waals surface area contributed by atoms with Gasteiger partial charge in [0.25, 0.3) is 0 Å². The average Bonchev–Trinajstić information content (AvgIpc) is 2.26. The Morgan fingerprint density at radius 1 is 1.33 bits per heavy atom. The number of hydrogen-bond donors (Lipinski definition) is 2. The SMILES string of the molecule is CC(C)C(C)(O)COc1cc(F)ccc1[C@H](C)O. The Labute approximate surface area is 107 Å². The lowest BCUT2D eigenvalue weighted by Gasteiger charge is -2.28. The predicted octanol–water partition coefficient (Wildman–Crippen LogP) is 2.66. The van der Waals surface area contributed by atoms with E-state index in [0.29, 0.717) is 5.56 Å². The monoisotopic (exact) mass is 256 g/mol. The number of ether oxygens (including phenoxy) is 1. The highest BCUT2D eigenvalue weighted by atomic mass is 19.1. The Morgan fingerprint density at radius 2 is 1.94 bits per heavy atom. The number of hydrogen-bond acceptors (Lipinski definition) is 3. The highest BCUT2D eigenvalue weighted by Gasteiger charge is 2.26. The lowest BCUT2D eigenvalue weighted by atomic mass is 9.94. The fraction of sp³-hybridized carbons (Fsp3) is 0.571. The molecular weight excluding hydrogens is 235 g/mol. The van der Waals surface area contributed by atoms with Gasteiger partial charge in [0.15, 0.2) is 0 Å². The molecule has 1 unspecified atom stereocenters. The first-order valence-corrected chi connectivity index (χ1v) is 6.06. The molecule has 2 N–H and O–H groups in total. The molecular formula is C14H21FO3. The highest BCUT2D eigenvalue weighted by molar-refractivity contribution is 5.35. The van der Waals surface area contributed by atoms with E-state index in [9.17, 15) is 14.6 Å². The van der Waals surface area contributed by atoms with E-state index in [2.05, 4.69) is 0 Å². The zero-order chi connectivity index (χ0) is 13.9. The molecule has 2 atom stereocenters. The topological polar surface area (TPSA) is 49.7 Å². The Bertz CT molecular complexity index is 400.